The Morgan fingerprint density at radius 3 is 2.62 bits per heavy atom. The summed E-state index contributed by atoms with van der Waals surface area (Å²) in [6, 6.07) is 2.94. The van der Waals surface area contributed by atoms with Crippen LogP contribution >= 0.6 is 22.9 Å². The van der Waals surface area contributed by atoms with E-state index in [0.29, 0.717) is 9.21 Å². The molecule has 0 aliphatic rings. The lowest BCUT2D eigenvalue weighted by Gasteiger charge is -2.22. The second-order valence-corrected chi connectivity index (χ2v) is 5.18. The minimum Gasteiger partial charge on any atom is -0.481 e. The Kier molecular flexibility index (Phi) is 4.32. The molecule has 0 aliphatic heterocycles. The number of aliphatic carboxylic acids is 1. The van der Waals surface area contributed by atoms with Crippen LogP contribution in [0.25, 0.3) is 0 Å². The van der Waals surface area contributed by atoms with Crippen molar-refractivity contribution in [2.24, 2.45) is 0 Å². The third-order valence-electron chi connectivity index (χ3n) is 2.24. The van der Waals surface area contributed by atoms with Gasteiger partial charge in [-0.3, -0.25) is 9.59 Å². The zero-order valence-corrected chi connectivity index (χ0v) is 10.5. The fraction of sp³-hybridized carbons (Fsp3) is 0.400. The molecule has 0 saturated heterocycles. The van der Waals surface area contributed by atoms with Crippen LogP contribution in [0.5, 0.6) is 0 Å². The molecule has 1 amide bonds. The van der Waals surface area contributed by atoms with Gasteiger partial charge in [0, 0.05) is 13.1 Å². The zero-order chi connectivity index (χ0) is 12.3. The van der Waals surface area contributed by atoms with Crippen LogP contribution in [0.2, 0.25) is 4.34 Å². The molecule has 6 heteroatoms. The first-order valence-electron chi connectivity index (χ1n) is 4.66. The number of carbonyl (C=O) groups excluding carboxylic acids is 1. The van der Waals surface area contributed by atoms with Crippen molar-refractivity contribution in [2.75, 3.05) is 7.05 Å². The highest BCUT2D eigenvalue weighted by atomic mass is 35.5. The van der Waals surface area contributed by atoms with Gasteiger partial charge in [-0.05, 0) is 19.1 Å². The summed E-state index contributed by atoms with van der Waals surface area (Å²) in [6.07, 6.45) is -0.0681. The van der Waals surface area contributed by atoms with Crippen LogP contribution in [-0.2, 0) is 4.79 Å². The molecule has 1 N–H and O–H groups in total. The van der Waals surface area contributed by atoms with Crippen LogP contribution in [0.15, 0.2) is 12.1 Å². The number of hydrogen-bond donors (Lipinski definition) is 1. The smallest absolute Gasteiger partial charge is 0.305 e. The van der Waals surface area contributed by atoms with E-state index in [1.807, 2.05) is 0 Å². The summed E-state index contributed by atoms with van der Waals surface area (Å²) >= 11 is 6.91. The van der Waals surface area contributed by atoms with Gasteiger partial charge in [0.05, 0.1) is 15.6 Å². The summed E-state index contributed by atoms with van der Waals surface area (Å²) in [5.41, 5.74) is 0. The Bertz CT molecular complexity index is 405. The highest BCUT2D eigenvalue weighted by Gasteiger charge is 2.20. The molecule has 0 aromatic carbocycles. The Morgan fingerprint density at radius 2 is 2.19 bits per heavy atom. The fourth-order valence-electron chi connectivity index (χ4n) is 1.19. The lowest BCUT2D eigenvalue weighted by molar-refractivity contribution is -0.137. The predicted octanol–water partition coefficient (Wildman–Crippen LogP) is 2.34. The standard InChI is InChI=1S/C10H12ClNO3S/c1-6(5-9(13)14)12(2)10(15)7-3-4-8(11)16-7/h3-4,6H,5H2,1-2H3,(H,13,14). The van der Waals surface area contributed by atoms with E-state index in [0.717, 1.165) is 0 Å². The van der Waals surface area contributed by atoms with Crippen molar-refractivity contribution in [3.05, 3.63) is 21.3 Å². The van der Waals surface area contributed by atoms with E-state index in [1.54, 1.807) is 26.1 Å². The maximum absolute atomic E-state index is 11.9. The third-order valence-corrected chi connectivity index (χ3v) is 3.45. The average molecular weight is 262 g/mol. The molecule has 0 fully saturated rings. The Balaban J connectivity index is 2.70. The third kappa shape index (κ3) is 3.21. The number of hydrogen-bond acceptors (Lipinski definition) is 3. The Morgan fingerprint density at radius 1 is 1.56 bits per heavy atom. The molecule has 4 nitrogen and oxygen atoms in total. The molecule has 16 heavy (non-hydrogen) atoms. The van der Waals surface area contributed by atoms with Crippen LogP contribution in [0, 0.1) is 0 Å². The predicted molar refractivity (Wildman–Crippen MR) is 63.1 cm³/mol. The number of rotatable bonds is 4. The molecule has 1 unspecified atom stereocenters. The van der Waals surface area contributed by atoms with Crippen molar-refractivity contribution >= 4 is 34.8 Å². The summed E-state index contributed by atoms with van der Waals surface area (Å²) in [7, 11) is 1.59. The Hall–Kier alpha value is -1.07. The number of amides is 1. The number of halogens is 1. The molecular formula is C10H12ClNO3S. The number of carbonyl (C=O) groups is 2. The van der Waals surface area contributed by atoms with Gasteiger partial charge in [0.2, 0.25) is 0 Å². The van der Waals surface area contributed by atoms with E-state index in [9.17, 15) is 9.59 Å². The summed E-state index contributed by atoms with van der Waals surface area (Å²) in [5.74, 6) is -1.12. The molecule has 1 atom stereocenters. The molecule has 88 valence electrons. The average Bonchev–Trinajstić information content (AvgIpc) is 2.61. The molecule has 0 saturated carbocycles. The van der Waals surface area contributed by atoms with Crippen LogP contribution in [0.4, 0.5) is 0 Å². The van der Waals surface area contributed by atoms with Gasteiger partial charge in [0.1, 0.15) is 0 Å². The van der Waals surface area contributed by atoms with Gasteiger partial charge in [0.25, 0.3) is 5.91 Å². The number of carboxylic acids is 1. The largest absolute Gasteiger partial charge is 0.481 e. The zero-order valence-electron chi connectivity index (χ0n) is 8.94. The van der Waals surface area contributed by atoms with Gasteiger partial charge in [-0.25, -0.2) is 0 Å². The molecule has 0 bridgehead atoms. The highest BCUT2D eigenvalue weighted by molar-refractivity contribution is 7.17. The van der Waals surface area contributed by atoms with E-state index in [1.165, 1.54) is 16.2 Å². The van der Waals surface area contributed by atoms with Crippen LogP contribution in [0.1, 0.15) is 23.0 Å². The molecule has 1 rings (SSSR count). The van der Waals surface area contributed by atoms with E-state index in [-0.39, 0.29) is 18.4 Å². The van der Waals surface area contributed by atoms with Gasteiger partial charge >= 0.3 is 5.97 Å². The van der Waals surface area contributed by atoms with E-state index < -0.39 is 5.97 Å². The molecule has 0 radical (unpaired) electrons. The number of nitrogens with zero attached hydrogens (tertiary/aromatic N) is 1. The molecule has 1 heterocycles. The van der Waals surface area contributed by atoms with Gasteiger partial charge in [0.15, 0.2) is 0 Å². The van der Waals surface area contributed by atoms with Crippen molar-refractivity contribution in [1.29, 1.82) is 0 Å². The van der Waals surface area contributed by atoms with Crippen molar-refractivity contribution in [2.45, 2.75) is 19.4 Å². The second kappa shape index (κ2) is 5.32. The van der Waals surface area contributed by atoms with E-state index in [4.69, 9.17) is 16.7 Å². The lowest BCUT2D eigenvalue weighted by atomic mass is 10.2. The first kappa shape index (κ1) is 13.0. The number of carboxylic acid groups (broad SMARTS) is 1. The minimum absolute atomic E-state index is 0.0681. The van der Waals surface area contributed by atoms with E-state index >= 15 is 0 Å². The first-order valence-corrected chi connectivity index (χ1v) is 5.85. The maximum Gasteiger partial charge on any atom is 0.305 e. The molecular weight excluding hydrogens is 250 g/mol. The number of thiophene rings is 1. The normalized spacial score (nSPS) is 12.2. The summed E-state index contributed by atoms with van der Waals surface area (Å²) in [5, 5.41) is 8.63. The topological polar surface area (TPSA) is 57.6 Å². The van der Waals surface area contributed by atoms with E-state index in [2.05, 4.69) is 0 Å². The molecule has 1 aromatic heterocycles. The lowest BCUT2D eigenvalue weighted by Crippen LogP contribution is -2.36. The monoisotopic (exact) mass is 261 g/mol. The van der Waals surface area contributed by atoms with Crippen LogP contribution in [0.3, 0.4) is 0 Å². The molecule has 0 spiro atoms. The minimum atomic E-state index is -0.920. The Labute approximate surface area is 102 Å². The van der Waals surface area contributed by atoms with Gasteiger partial charge < -0.3 is 10.0 Å². The fourth-order valence-corrected chi connectivity index (χ4v) is 2.22. The van der Waals surface area contributed by atoms with Gasteiger partial charge in [-0.2, -0.15) is 0 Å². The maximum atomic E-state index is 11.9. The van der Waals surface area contributed by atoms with Crippen molar-refractivity contribution in [3.63, 3.8) is 0 Å². The SMILES string of the molecule is CC(CC(=O)O)N(C)C(=O)c1ccc(Cl)s1. The molecule has 1 aromatic rings. The second-order valence-electron chi connectivity index (χ2n) is 3.47. The summed E-state index contributed by atoms with van der Waals surface area (Å²) in [6.45, 7) is 1.70. The van der Waals surface area contributed by atoms with Crippen molar-refractivity contribution in [3.8, 4) is 0 Å². The van der Waals surface area contributed by atoms with Crippen molar-refractivity contribution in [1.82, 2.24) is 4.90 Å². The summed E-state index contributed by atoms with van der Waals surface area (Å²) in [4.78, 5) is 24.3. The quantitative estimate of drug-likeness (QED) is 0.905. The van der Waals surface area contributed by atoms with Crippen LogP contribution < -0.4 is 0 Å². The first-order chi connectivity index (χ1) is 7.41. The highest BCUT2D eigenvalue weighted by Crippen LogP contribution is 2.23. The van der Waals surface area contributed by atoms with Crippen molar-refractivity contribution < 1.29 is 14.7 Å². The molecule has 0 aliphatic carbocycles. The van der Waals surface area contributed by atoms with Gasteiger partial charge in [-0.15, -0.1) is 11.3 Å². The van der Waals surface area contributed by atoms with Gasteiger partial charge in [-0.1, -0.05) is 11.6 Å². The van der Waals surface area contributed by atoms with Crippen LogP contribution in [-0.4, -0.2) is 35.0 Å². The summed E-state index contributed by atoms with van der Waals surface area (Å²) < 4.78 is 0.544.